The lowest BCUT2D eigenvalue weighted by molar-refractivity contribution is 0.0943. The first-order valence-corrected chi connectivity index (χ1v) is 8.55. The van der Waals surface area contributed by atoms with E-state index in [4.69, 9.17) is 0 Å². The molecule has 132 valence electrons. The quantitative estimate of drug-likeness (QED) is 0.878. The standard InChI is InChI=1S/C18H23N5O2/c1-12-9-15(24)16(13(2)22-12)17(25)21-10-14-5-3-8-23(11-14)18-19-6-4-7-20-18/h4,6-7,9,14H,3,5,8,10-11H2,1-2H3,(H,21,25)(H,22,24). The van der Waals surface area contributed by atoms with Gasteiger partial charge in [-0.25, -0.2) is 9.97 Å². The summed E-state index contributed by atoms with van der Waals surface area (Å²) in [7, 11) is 0. The number of aryl methyl sites for hydroxylation is 2. The fourth-order valence-corrected chi connectivity index (χ4v) is 3.32. The number of hydrogen-bond acceptors (Lipinski definition) is 5. The first-order chi connectivity index (χ1) is 12.0. The number of carbonyl (C=O) groups is 1. The van der Waals surface area contributed by atoms with Crippen molar-refractivity contribution in [2.24, 2.45) is 5.92 Å². The molecule has 7 heteroatoms. The van der Waals surface area contributed by atoms with Crippen LogP contribution in [0, 0.1) is 19.8 Å². The average molecular weight is 341 g/mol. The van der Waals surface area contributed by atoms with Crippen LogP contribution in [0.25, 0.3) is 0 Å². The normalized spacial score (nSPS) is 17.4. The van der Waals surface area contributed by atoms with E-state index in [2.05, 4.69) is 25.2 Å². The van der Waals surface area contributed by atoms with E-state index in [-0.39, 0.29) is 16.9 Å². The molecule has 1 atom stereocenters. The average Bonchev–Trinajstić information content (AvgIpc) is 2.60. The van der Waals surface area contributed by atoms with E-state index in [0.29, 0.717) is 18.2 Å². The van der Waals surface area contributed by atoms with Crippen molar-refractivity contribution in [2.45, 2.75) is 26.7 Å². The first-order valence-electron chi connectivity index (χ1n) is 8.55. The molecule has 1 fully saturated rings. The number of H-pyrrole nitrogens is 1. The lowest BCUT2D eigenvalue weighted by Gasteiger charge is -2.32. The molecular formula is C18H23N5O2. The Morgan fingerprint density at radius 2 is 2.12 bits per heavy atom. The summed E-state index contributed by atoms with van der Waals surface area (Å²) in [5, 5.41) is 2.92. The highest BCUT2D eigenvalue weighted by Crippen LogP contribution is 2.19. The fraction of sp³-hybridized carbons (Fsp3) is 0.444. The predicted molar refractivity (Wildman–Crippen MR) is 95.8 cm³/mol. The lowest BCUT2D eigenvalue weighted by Crippen LogP contribution is -2.42. The van der Waals surface area contributed by atoms with Crippen molar-refractivity contribution in [1.82, 2.24) is 20.3 Å². The second-order valence-electron chi connectivity index (χ2n) is 6.53. The molecule has 1 amide bonds. The second-order valence-corrected chi connectivity index (χ2v) is 6.53. The third-order valence-corrected chi connectivity index (χ3v) is 4.49. The van der Waals surface area contributed by atoms with Crippen molar-refractivity contribution in [2.75, 3.05) is 24.5 Å². The van der Waals surface area contributed by atoms with Crippen LogP contribution in [0.1, 0.15) is 34.6 Å². The minimum absolute atomic E-state index is 0.199. The molecule has 1 aliphatic heterocycles. The van der Waals surface area contributed by atoms with Gasteiger partial charge in [0.05, 0.1) is 0 Å². The third-order valence-electron chi connectivity index (χ3n) is 4.49. The number of amides is 1. The van der Waals surface area contributed by atoms with Gasteiger partial charge in [-0.2, -0.15) is 0 Å². The zero-order chi connectivity index (χ0) is 17.8. The number of nitrogens with one attached hydrogen (secondary N) is 2. The maximum absolute atomic E-state index is 12.4. The summed E-state index contributed by atoms with van der Waals surface area (Å²) in [6, 6.07) is 3.25. The van der Waals surface area contributed by atoms with Gasteiger partial charge in [0.25, 0.3) is 5.91 Å². The number of aromatic amines is 1. The number of piperidine rings is 1. The molecule has 0 aromatic carbocycles. The molecule has 2 aromatic heterocycles. The Kier molecular flexibility index (Phi) is 5.11. The Labute approximate surface area is 146 Å². The van der Waals surface area contributed by atoms with Gasteiger partial charge in [-0.05, 0) is 38.7 Å². The lowest BCUT2D eigenvalue weighted by atomic mass is 9.98. The molecule has 2 aromatic rings. The van der Waals surface area contributed by atoms with Crippen LogP contribution in [-0.2, 0) is 0 Å². The van der Waals surface area contributed by atoms with Crippen molar-refractivity contribution in [1.29, 1.82) is 0 Å². The number of pyridine rings is 1. The van der Waals surface area contributed by atoms with Gasteiger partial charge in [0.15, 0.2) is 5.43 Å². The number of rotatable bonds is 4. The molecule has 25 heavy (non-hydrogen) atoms. The molecule has 3 heterocycles. The maximum atomic E-state index is 12.4. The summed E-state index contributed by atoms with van der Waals surface area (Å²) in [6.45, 7) is 5.81. The Morgan fingerprint density at radius 3 is 2.84 bits per heavy atom. The summed E-state index contributed by atoms with van der Waals surface area (Å²) < 4.78 is 0. The highest BCUT2D eigenvalue weighted by Gasteiger charge is 2.23. The number of hydrogen-bond donors (Lipinski definition) is 2. The maximum Gasteiger partial charge on any atom is 0.257 e. The number of aromatic nitrogens is 3. The van der Waals surface area contributed by atoms with Crippen LogP contribution in [0.2, 0.25) is 0 Å². The smallest absolute Gasteiger partial charge is 0.257 e. The Balaban J connectivity index is 1.62. The molecule has 0 spiro atoms. The summed E-state index contributed by atoms with van der Waals surface area (Å²) in [5.41, 5.74) is 1.31. The Hall–Kier alpha value is -2.70. The molecule has 0 saturated carbocycles. The van der Waals surface area contributed by atoms with E-state index >= 15 is 0 Å². The first kappa shape index (κ1) is 17.1. The van der Waals surface area contributed by atoms with Crippen LogP contribution >= 0.6 is 0 Å². The largest absolute Gasteiger partial charge is 0.362 e. The van der Waals surface area contributed by atoms with Gasteiger partial charge in [-0.1, -0.05) is 0 Å². The van der Waals surface area contributed by atoms with Gasteiger partial charge < -0.3 is 15.2 Å². The monoisotopic (exact) mass is 341 g/mol. The molecule has 7 nitrogen and oxygen atoms in total. The molecular weight excluding hydrogens is 318 g/mol. The molecule has 2 N–H and O–H groups in total. The SMILES string of the molecule is Cc1cc(=O)c(C(=O)NCC2CCCN(c3ncccn3)C2)c(C)[nH]1. The fourth-order valence-electron chi connectivity index (χ4n) is 3.32. The third kappa shape index (κ3) is 4.04. The summed E-state index contributed by atoms with van der Waals surface area (Å²) in [6.07, 6.45) is 5.54. The summed E-state index contributed by atoms with van der Waals surface area (Å²) >= 11 is 0. The van der Waals surface area contributed by atoms with Crippen molar-refractivity contribution in [3.8, 4) is 0 Å². The molecule has 1 aliphatic rings. The molecule has 1 saturated heterocycles. The van der Waals surface area contributed by atoms with E-state index in [9.17, 15) is 9.59 Å². The van der Waals surface area contributed by atoms with Crippen molar-refractivity contribution < 1.29 is 4.79 Å². The second kappa shape index (κ2) is 7.46. The summed E-state index contributed by atoms with van der Waals surface area (Å²) in [5.74, 6) is 0.725. The predicted octanol–water partition coefficient (Wildman–Crippen LogP) is 1.43. The highest BCUT2D eigenvalue weighted by molar-refractivity contribution is 5.95. The minimum Gasteiger partial charge on any atom is -0.362 e. The Bertz CT molecular complexity index is 803. The van der Waals surface area contributed by atoms with Crippen LogP contribution in [0.3, 0.4) is 0 Å². The zero-order valence-electron chi connectivity index (χ0n) is 14.6. The Morgan fingerprint density at radius 1 is 1.36 bits per heavy atom. The molecule has 0 radical (unpaired) electrons. The van der Waals surface area contributed by atoms with Crippen molar-refractivity contribution in [3.63, 3.8) is 0 Å². The molecule has 0 bridgehead atoms. The van der Waals surface area contributed by atoms with Gasteiger partial charge >= 0.3 is 0 Å². The minimum atomic E-state index is -0.313. The van der Waals surface area contributed by atoms with Crippen molar-refractivity contribution in [3.05, 3.63) is 51.7 Å². The molecule has 0 aliphatic carbocycles. The van der Waals surface area contributed by atoms with E-state index in [1.54, 1.807) is 32.3 Å². The van der Waals surface area contributed by atoms with E-state index in [1.165, 1.54) is 6.07 Å². The van der Waals surface area contributed by atoms with E-state index in [1.807, 2.05) is 0 Å². The van der Waals surface area contributed by atoms with E-state index < -0.39 is 0 Å². The number of anilines is 1. The van der Waals surface area contributed by atoms with Crippen LogP contribution < -0.4 is 15.6 Å². The van der Waals surface area contributed by atoms with Crippen LogP contribution in [0.4, 0.5) is 5.95 Å². The number of carbonyl (C=O) groups excluding carboxylic acids is 1. The molecule has 3 rings (SSSR count). The summed E-state index contributed by atoms with van der Waals surface area (Å²) in [4.78, 5) is 38.3. The van der Waals surface area contributed by atoms with Gasteiger partial charge in [0.2, 0.25) is 5.95 Å². The van der Waals surface area contributed by atoms with E-state index in [0.717, 1.165) is 37.6 Å². The van der Waals surface area contributed by atoms with Gasteiger partial charge in [-0.3, -0.25) is 9.59 Å². The van der Waals surface area contributed by atoms with Crippen LogP contribution in [-0.4, -0.2) is 40.5 Å². The van der Waals surface area contributed by atoms with Crippen molar-refractivity contribution >= 4 is 11.9 Å². The van der Waals surface area contributed by atoms with Crippen LogP contribution in [0.5, 0.6) is 0 Å². The topological polar surface area (TPSA) is 91.0 Å². The molecule has 1 unspecified atom stereocenters. The highest BCUT2D eigenvalue weighted by atomic mass is 16.2. The zero-order valence-corrected chi connectivity index (χ0v) is 14.6. The van der Waals surface area contributed by atoms with Crippen LogP contribution in [0.15, 0.2) is 29.3 Å². The van der Waals surface area contributed by atoms with Gasteiger partial charge in [0.1, 0.15) is 5.56 Å². The van der Waals surface area contributed by atoms with Gasteiger partial charge in [-0.15, -0.1) is 0 Å². The number of nitrogens with zero attached hydrogens (tertiary/aromatic N) is 3. The van der Waals surface area contributed by atoms with Gasteiger partial charge in [0, 0.05) is 49.5 Å².